The van der Waals surface area contributed by atoms with Crippen LogP contribution in [0.25, 0.3) is 0 Å². The van der Waals surface area contributed by atoms with Gasteiger partial charge in [-0.15, -0.1) is 0 Å². The lowest BCUT2D eigenvalue weighted by atomic mass is 9.68. The third kappa shape index (κ3) is 1.80. The lowest BCUT2D eigenvalue weighted by Crippen LogP contribution is -2.60. The summed E-state index contributed by atoms with van der Waals surface area (Å²) in [5.41, 5.74) is 0.725. The maximum atomic E-state index is 12.6. The summed E-state index contributed by atoms with van der Waals surface area (Å²) >= 11 is 0. The van der Waals surface area contributed by atoms with E-state index in [1.165, 1.54) is 0 Å². The minimum Gasteiger partial charge on any atom is -0.267 e. The molecule has 1 aromatic rings. The summed E-state index contributed by atoms with van der Waals surface area (Å²) in [7, 11) is 0. The molecule has 4 aliphatic rings. The summed E-state index contributed by atoms with van der Waals surface area (Å²) in [5.74, 6) is 1.21. The molecule has 2 heterocycles. The minimum absolute atomic E-state index is 0.0216. The van der Waals surface area contributed by atoms with Gasteiger partial charge in [0.2, 0.25) is 0 Å². The summed E-state index contributed by atoms with van der Waals surface area (Å²) in [5, 5.41) is 1.68. The number of hydroxylamine groups is 2. The maximum absolute atomic E-state index is 12.6. The highest BCUT2D eigenvalue weighted by atomic mass is 16.7. The molecular formula is C17H19NO2. The third-order valence-electron chi connectivity index (χ3n) is 5.02. The van der Waals surface area contributed by atoms with Crippen LogP contribution in [-0.4, -0.2) is 23.1 Å². The second kappa shape index (κ2) is 4.74. The highest BCUT2D eigenvalue weighted by Crippen LogP contribution is 2.46. The van der Waals surface area contributed by atoms with Gasteiger partial charge >= 0.3 is 0 Å². The molecule has 0 aromatic heterocycles. The topological polar surface area (TPSA) is 29.5 Å². The number of carbonyl (C=O) groups is 1. The minimum atomic E-state index is 0.0216. The van der Waals surface area contributed by atoms with Crippen LogP contribution in [0.2, 0.25) is 0 Å². The highest BCUT2D eigenvalue weighted by Gasteiger charge is 2.50. The monoisotopic (exact) mass is 269 g/mol. The number of rotatable bonds is 1. The van der Waals surface area contributed by atoms with E-state index in [4.69, 9.17) is 4.84 Å². The van der Waals surface area contributed by atoms with E-state index in [2.05, 4.69) is 12.2 Å². The molecule has 104 valence electrons. The van der Waals surface area contributed by atoms with Crippen LogP contribution in [0.5, 0.6) is 0 Å². The van der Waals surface area contributed by atoms with Crippen LogP contribution in [-0.2, 0) is 4.84 Å². The molecule has 3 nitrogen and oxygen atoms in total. The summed E-state index contributed by atoms with van der Waals surface area (Å²) in [6, 6.07) is 9.73. The van der Waals surface area contributed by atoms with E-state index in [0.29, 0.717) is 11.8 Å². The van der Waals surface area contributed by atoms with E-state index in [0.717, 1.165) is 31.2 Å². The van der Waals surface area contributed by atoms with Gasteiger partial charge in [0, 0.05) is 5.56 Å². The van der Waals surface area contributed by atoms with Crippen LogP contribution in [0, 0.1) is 11.8 Å². The molecule has 2 bridgehead atoms. The van der Waals surface area contributed by atoms with Crippen molar-refractivity contribution in [3.8, 4) is 0 Å². The summed E-state index contributed by atoms with van der Waals surface area (Å²) in [6.45, 7) is 0. The number of benzene rings is 1. The standard InChI is InChI=1S/C17H19NO2/c19-17(12-6-2-1-3-7-12)18-15-10-11-16(20-18)14-9-5-4-8-13(14)15/h1-7,13-16H,8-11H2/t13-,14+,15+,16-/m0/s1. The molecule has 3 heteroatoms. The molecule has 1 saturated carbocycles. The Balaban J connectivity index is 1.62. The second-order valence-electron chi connectivity index (χ2n) is 6.06. The summed E-state index contributed by atoms with van der Waals surface area (Å²) < 4.78 is 0. The lowest BCUT2D eigenvalue weighted by Gasteiger charge is -2.54. The zero-order valence-corrected chi connectivity index (χ0v) is 11.4. The Labute approximate surface area is 119 Å². The van der Waals surface area contributed by atoms with Gasteiger partial charge in [0.05, 0.1) is 12.1 Å². The van der Waals surface area contributed by atoms with Crippen LogP contribution < -0.4 is 0 Å². The number of allylic oxidation sites excluding steroid dienone is 2. The number of hydrogen-bond acceptors (Lipinski definition) is 2. The normalized spacial score (nSPS) is 34.9. The first-order chi connectivity index (χ1) is 9.84. The van der Waals surface area contributed by atoms with Gasteiger partial charge < -0.3 is 0 Å². The summed E-state index contributed by atoms with van der Waals surface area (Å²) in [6.07, 6.45) is 9.15. The van der Waals surface area contributed by atoms with Gasteiger partial charge in [0.1, 0.15) is 0 Å². The second-order valence-corrected chi connectivity index (χ2v) is 6.06. The number of nitrogens with zero attached hydrogens (tertiary/aromatic N) is 1. The Morgan fingerprint density at radius 1 is 1.05 bits per heavy atom. The zero-order chi connectivity index (χ0) is 13.5. The van der Waals surface area contributed by atoms with Crippen LogP contribution in [0.4, 0.5) is 0 Å². The Morgan fingerprint density at radius 2 is 1.80 bits per heavy atom. The molecule has 3 fully saturated rings. The van der Waals surface area contributed by atoms with Crippen LogP contribution in [0.15, 0.2) is 42.5 Å². The molecule has 5 rings (SSSR count). The Hall–Kier alpha value is -1.61. The molecular weight excluding hydrogens is 250 g/mol. The van der Waals surface area contributed by atoms with Gasteiger partial charge in [-0.3, -0.25) is 9.63 Å². The molecule has 4 atom stereocenters. The molecule has 2 aliphatic heterocycles. The van der Waals surface area contributed by atoms with Crippen LogP contribution >= 0.6 is 0 Å². The van der Waals surface area contributed by atoms with Gasteiger partial charge in [-0.2, -0.15) is 0 Å². The van der Waals surface area contributed by atoms with Crippen molar-refractivity contribution >= 4 is 5.91 Å². The predicted octanol–water partition coefficient (Wildman–Crippen LogP) is 3.19. The van der Waals surface area contributed by atoms with Crippen molar-refractivity contribution in [2.24, 2.45) is 11.8 Å². The number of amides is 1. The smallest absolute Gasteiger partial charge is 0.267 e. The van der Waals surface area contributed by atoms with Gasteiger partial charge in [0.15, 0.2) is 0 Å². The fraction of sp³-hybridized carbons (Fsp3) is 0.471. The quantitative estimate of drug-likeness (QED) is 0.733. The Kier molecular flexibility index (Phi) is 2.88. The van der Waals surface area contributed by atoms with Gasteiger partial charge in [-0.1, -0.05) is 30.4 Å². The van der Waals surface area contributed by atoms with Crippen molar-refractivity contribution in [1.82, 2.24) is 5.06 Å². The first kappa shape index (κ1) is 12.2. The van der Waals surface area contributed by atoms with Crippen molar-refractivity contribution in [2.45, 2.75) is 37.8 Å². The first-order valence-corrected chi connectivity index (χ1v) is 7.55. The van der Waals surface area contributed by atoms with Gasteiger partial charge in [-0.25, -0.2) is 5.06 Å². The van der Waals surface area contributed by atoms with E-state index in [1.54, 1.807) is 5.06 Å². The molecule has 2 saturated heterocycles. The number of carbonyl (C=O) groups excluding carboxylic acids is 1. The van der Waals surface area contributed by atoms with E-state index >= 15 is 0 Å². The molecule has 0 spiro atoms. The van der Waals surface area contributed by atoms with Crippen molar-refractivity contribution in [1.29, 1.82) is 0 Å². The Morgan fingerprint density at radius 3 is 2.60 bits per heavy atom. The first-order valence-electron chi connectivity index (χ1n) is 7.55. The number of fused-ring (bicyclic) bond motifs is 2. The molecule has 0 unspecified atom stereocenters. The molecule has 0 N–H and O–H groups in total. The van der Waals surface area contributed by atoms with E-state index < -0.39 is 0 Å². The summed E-state index contributed by atoms with van der Waals surface area (Å²) in [4.78, 5) is 18.7. The predicted molar refractivity (Wildman–Crippen MR) is 75.9 cm³/mol. The van der Waals surface area contributed by atoms with Crippen molar-refractivity contribution in [3.63, 3.8) is 0 Å². The Bertz CT molecular complexity index is 539. The van der Waals surface area contributed by atoms with E-state index in [1.807, 2.05) is 30.3 Å². The molecule has 2 aliphatic carbocycles. The SMILES string of the molecule is O=C(c1ccccc1)N1O[C@H]2CC[C@@H]1[C@H]1CC=CC[C@H]12. The van der Waals surface area contributed by atoms with Crippen LogP contribution in [0.1, 0.15) is 36.0 Å². The van der Waals surface area contributed by atoms with Crippen molar-refractivity contribution in [3.05, 3.63) is 48.0 Å². The molecule has 0 radical (unpaired) electrons. The number of hydrogen-bond donors (Lipinski definition) is 0. The molecule has 20 heavy (non-hydrogen) atoms. The largest absolute Gasteiger partial charge is 0.277 e. The van der Waals surface area contributed by atoms with Crippen molar-refractivity contribution < 1.29 is 9.63 Å². The van der Waals surface area contributed by atoms with Gasteiger partial charge in [0.25, 0.3) is 5.91 Å². The van der Waals surface area contributed by atoms with E-state index in [-0.39, 0.29) is 18.1 Å². The highest BCUT2D eigenvalue weighted by molar-refractivity contribution is 5.93. The average molecular weight is 269 g/mol. The zero-order valence-electron chi connectivity index (χ0n) is 11.4. The molecule has 1 aromatic carbocycles. The van der Waals surface area contributed by atoms with Crippen LogP contribution in [0.3, 0.4) is 0 Å². The average Bonchev–Trinajstić information content (AvgIpc) is 2.56. The van der Waals surface area contributed by atoms with Crippen molar-refractivity contribution in [2.75, 3.05) is 0 Å². The molecule has 1 amide bonds. The van der Waals surface area contributed by atoms with Gasteiger partial charge in [-0.05, 0) is 49.7 Å². The fourth-order valence-corrected chi connectivity index (χ4v) is 4.04. The van der Waals surface area contributed by atoms with E-state index in [9.17, 15) is 4.79 Å². The lowest BCUT2D eigenvalue weighted by molar-refractivity contribution is -0.282. The third-order valence-corrected chi connectivity index (χ3v) is 5.02. The fourth-order valence-electron chi connectivity index (χ4n) is 4.04. The maximum Gasteiger partial charge on any atom is 0.277 e.